The number of benzene rings is 1. The molecule has 2 aromatic rings. The molecule has 1 aliphatic rings. The van der Waals surface area contributed by atoms with E-state index in [0.717, 1.165) is 12.0 Å². The molecule has 1 atom stereocenters. The Morgan fingerprint density at radius 2 is 2.17 bits per heavy atom. The third-order valence-corrected chi connectivity index (χ3v) is 4.85. The van der Waals surface area contributed by atoms with Gasteiger partial charge >= 0.3 is 0 Å². The lowest BCUT2D eigenvalue weighted by Crippen LogP contribution is -2.39. The maximum Gasteiger partial charge on any atom is 0.258 e. The topological polar surface area (TPSA) is 82.6 Å². The quantitative estimate of drug-likeness (QED) is 0.894. The third kappa shape index (κ3) is 3.07. The number of hydrogen-bond donors (Lipinski definition) is 1. The summed E-state index contributed by atoms with van der Waals surface area (Å²) in [4.78, 5) is 12.4. The van der Waals surface area contributed by atoms with Gasteiger partial charge in [0, 0.05) is 6.61 Å². The van der Waals surface area contributed by atoms with E-state index in [9.17, 15) is 4.79 Å². The molecule has 8 heteroatoms. The summed E-state index contributed by atoms with van der Waals surface area (Å²) in [5.41, 5.74) is -0.0300. The van der Waals surface area contributed by atoms with Crippen LogP contribution in [0.1, 0.15) is 19.8 Å². The van der Waals surface area contributed by atoms with Crippen molar-refractivity contribution < 1.29 is 19.0 Å². The van der Waals surface area contributed by atoms with Crippen LogP contribution >= 0.6 is 11.3 Å². The van der Waals surface area contributed by atoms with E-state index in [0.29, 0.717) is 34.7 Å². The van der Waals surface area contributed by atoms with Crippen molar-refractivity contribution in [1.29, 1.82) is 0 Å². The molecule has 1 aromatic carbocycles. The summed E-state index contributed by atoms with van der Waals surface area (Å²) >= 11 is 1.28. The second-order valence-corrected chi connectivity index (χ2v) is 6.57. The molecule has 1 aromatic heterocycles. The van der Waals surface area contributed by atoms with Gasteiger partial charge in [-0.2, -0.15) is 0 Å². The number of carbonyl (C=O) groups excluding carboxylic acids is 1. The zero-order valence-electron chi connectivity index (χ0n) is 13.8. The van der Waals surface area contributed by atoms with Crippen molar-refractivity contribution in [2.24, 2.45) is 0 Å². The second-order valence-electron chi connectivity index (χ2n) is 5.59. The number of carbonyl (C=O) groups is 1. The first-order valence-electron chi connectivity index (χ1n) is 7.57. The summed E-state index contributed by atoms with van der Waals surface area (Å²) in [6, 6.07) is 5.53. The summed E-state index contributed by atoms with van der Waals surface area (Å²) in [5.74, 6) is 1.00. The molecule has 7 nitrogen and oxygen atoms in total. The number of methoxy groups -OCH3 is 2. The predicted molar refractivity (Wildman–Crippen MR) is 90.7 cm³/mol. The number of nitrogens with one attached hydrogen (secondary N) is 1. The largest absolute Gasteiger partial charge is 0.493 e. The van der Waals surface area contributed by atoms with Gasteiger partial charge in [0.05, 0.1) is 19.8 Å². The zero-order valence-corrected chi connectivity index (χ0v) is 14.6. The molecule has 0 aliphatic carbocycles. The summed E-state index contributed by atoms with van der Waals surface area (Å²) < 4.78 is 16.3. The van der Waals surface area contributed by atoms with Crippen LogP contribution in [0.15, 0.2) is 18.2 Å². The Morgan fingerprint density at radius 3 is 2.83 bits per heavy atom. The van der Waals surface area contributed by atoms with Crippen LogP contribution < -0.4 is 14.8 Å². The van der Waals surface area contributed by atoms with Crippen molar-refractivity contribution in [3.8, 4) is 22.1 Å². The number of hydrogen-bond acceptors (Lipinski definition) is 7. The molecule has 2 heterocycles. The van der Waals surface area contributed by atoms with Gasteiger partial charge in [-0.25, -0.2) is 0 Å². The maximum absolute atomic E-state index is 12.4. The Balaban J connectivity index is 1.82. The molecule has 1 unspecified atom stereocenters. The summed E-state index contributed by atoms with van der Waals surface area (Å²) in [6.07, 6.45) is 1.58. The SMILES string of the molecule is COc1cccc(-c2nnc(NC(=O)C3(C)CCCO3)s2)c1OC. The van der Waals surface area contributed by atoms with E-state index in [1.807, 2.05) is 18.2 Å². The van der Waals surface area contributed by atoms with Crippen LogP contribution in [0.5, 0.6) is 11.5 Å². The molecule has 0 spiro atoms. The molecule has 1 fully saturated rings. The lowest BCUT2D eigenvalue weighted by molar-refractivity contribution is -0.133. The van der Waals surface area contributed by atoms with Crippen molar-refractivity contribution in [3.05, 3.63) is 18.2 Å². The summed E-state index contributed by atoms with van der Waals surface area (Å²) in [5, 5.41) is 12.1. The van der Waals surface area contributed by atoms with Crippen LogP contribution in [-0.2, 0) is 9.53 Å². The highest BCUT2D eigenvalue weighted by molar-refractivity contribution is 7.18. The highest BCUT2D eigenvalue weighted by Crippen LogP contribution is 2.39. The Hall–Kier alpha value is -2.19. The first-order chi connectivity index (χ1) is 11.6. The Morgan fingerprint density at radius 1 is 1.33 bits per heavy atom. The molecule has 0 bridgehead atoms. The number of aromatic nitrogens is 2. The number of amides is 1. The molecule has 0 saturated carbocycles. The number of rotatable bonds is 5. The molecular weight excluding hydrogens is 330 g/mol. The van der Waals surface area contributed by atoms with Gasteiger partial charge in [-0.3, -0.25) is 10.1 Å². The highest BCUT2D eigenvalue weighted by Gasteiger charge is 2.38. The van der Waals surface area contributed by atoms with Crippen LogP contribution in [0.4, 0.5) is 5.13 Å². The molecule has 3 rings (SSSR count). The van der Waals surface area contributed by atoms with Crippen LogP contribution in [0.2, 0.25) is 0 Å². The van der Waals surface area contributed by atoms with Gasteiger partial charge in [-0.1, -0.05) is 17.4 Å². The second kappa shape index (κ2) is 6.74. The van der Waals surface area contributed by atoms with Gasteiger partial charge < -0.3 is 14.2 Å². The van der Waals surface area contributed by atoms with Crippen molar-refractivity contribution >= 4 is 22.4 Å². The van der Waals surface area contributed by atoms with Crippen LogP contribution in [0, 0.1) is 0 Å². The Kier molecular flexibility index (Phi) is 4.68. The van der Waals surface area contributed by atoms with E-state index < -0.39 is 5.60 Å². The number of para-hydroxylation sites is 1. The third-order valence-electron chi connectivity index (χ3n) is 3.98. The van der Waals surface area contributed by atoms with Crippen molar-refractivity contribution in [2.75, 3.05) is 26.1 Å². The normalized spacial score (nSPS) is 20.0. The van der Waals surface area contributed by atoms with Gasteiger partial charge in [0.2, 0.25) is 5.13 Å². The molecule has 24 heavy (non-hydrogen) atoms. The van der Waals surface area contributed by atoms with Crippen molar-refractivity contribution in [1.82, 2.24) is 10.2 Å². The van der Waals surface area contributed by atoms with Crippen LogP contribution in [0.25, 0.3) is 10.6 Å². The first-order valence-corrected chi connectivity index (χ1v) is 8.39. The fourth-order valence-electron chi connectivity index (χ4n) is 2.63. The van der Waals surface area contributed by atoms with Crippen molar-refractivity contribution in [2.45, 2.75) is 25.4 Å². The van der Waals surface area contributed by atoms with Gasteiger partial charge in [-0.15, -0.1) is 10.2 Å². The Bertz CT molecular complexity index is 741. The molecule has 1 saturated heterocycles. The smallest absolute Gasteiger partial charge is 0.258 e. The van der Waals surface area contributed by atoms with Crippen molar-refractivity contribution in [3.63, 3.8) is 0 Å². The van der Waals surface area contributed by atoms with Gasteiger partial charge in [0.25, 0.3) is 5.91 Å². The highest BCUT2D eigenvalue weighted by atomic mass is 32.1. The molecule has 128 valence electrons. The fraction of sp³-hybridized carbons (Fsp3) is 0.438. The molecule has 1 aliphatic heterocycles. The average Bonchev–Trinajstić information content (AvgIpc) is 3.24. The first kappa shape index (κ1) is 16.7. The molecule has 0 radical (unpaired) electrons. The lowest BCUT2D eigenvalue weighted by atomic mass is 10.0. The van der Waals surface area contributed by atoms with E-state index in [1.54, 1.807) is 21.1 Å². The average molecular weight is 349 g/mol. The maximum atomic E-state index is 12.4. The monoisotopic (exact) mass is 349 g/mol. The molecule has 1 amide bonds. The molecule has 1 N–H and O–H groups in total. The van der Waals surface area contributed by atoms with Gasteiger partial charge in [0.15, 0.2) is 16.5 Å². The minimum atomic E-state index is -0.792. The number of ether oxygens (including phenoxy) is 3. The lowest BCUT2D eigenvalue weighted by Gasteiger charge is -2.20. The number of anilines is 1. The van der Waals surface area contributed by atoms with Gasteiger partial charge in [0.1, 0.15) is 5.60 Å². The van der Waals surface area contributed by atoms with E-state index in [-0.39, 0.29) is 5.91 Å². The van der Waals surface area contributed by atoms with E-state index in [4.69, 9.17) is 14.2 Å². The number of nitrogens with zero attached hydrogens (tertiary/aromatic N) is 2. The minimum absolute atomic E-state index is 0.194. The predicted octanol–water partition coefficient (Wildman–Crippen LogP) is 2.73. The Labute approximate surface area is 144 Å². The minimum Gasteiger partial charge on any atom is -0.493 e. The summed E-state index contributed by atoms with van der Waals surface area (Å²) in [6.45, 7) is 2.40. The van der Waals surface area contributed by atoms with Gasteiger partial charge in [-0.05, 0) is 31.9 Å². The fourth-order valence-corrected chi connectivity index (χ4v) is 3.39. The molecular formula is C16H19N3O4S. The van der Waals surface area contributed by atoms with E-state index >= 15 is 0 Å². The standard InChI is InChI=1S/C16H19N3O4S/c1-16(8-5-9-23-16)14(20)17-15-19-18-13(24-15)10-6-4-7-11(21-2)12(10)22-3/h4,6-7H,5,8-9H2,1-3H3,(H,17,19,20). The van der Waals surface area contributed by atoms with Crippen LogP contribution in [-0.4, -0.2) is 42.5 Å². The van der Waals surface area contributed by atoms with E-state index in [1.165, 1.54) is 11.3 Å². The van der Waals surface area contributed by atoms with E-state index in [2.05, 4.69) is 15.5 Å². The van der Waals surface area contributed by atoms with Crippen LogP contribution in [0.3, 0.4) is 0 Å². The zero-order chi connectivity index (χ0) is 17.2. The summed E-state index contributed by atoms with van der Waals surface area (Å²) in [7, 11) is 3.15.